The van der Waals surface area contributed by atoms with Crippen LogP contribution in [0.5, 0.6) is 0 Å². The van der Waals surface area contributed by atoms with E-state index in [1.807, 2.05) is 0 Å². The second-order valence-corrected chi connectivity index (χ2v) is 19.5. The largest absolute Gasteiger partial charge is 0.0654 e. The van der Waals surface area contributed by atoms with Crippen LogP contribution < -0.4 is 0 Å². The van der Waals surface area contributed by atoms with Crippen molar-refractivity contribution in [3.63, 3.8) is 0 Å². The second kappa shape index (κ2) is 55.1. The van der Waals surface area contributed by atoms with Crippen LogP contribution in [-0.2, 0) is 0 Å². The molecule has 0 aliphatic carbocycles. The summed E-state index contributed by atoms with van der Waals surface area (Å²) < 4.78 is 0. The standard InChI is InChI=1S/C19H40.2C13H28.C9H20/c1-4-5-6-7-8-9-10-11-12-13-14-15-16-17-18-19(2)3;1-5-6-7-8-9-10-11-13(4)12(2)3;1-4-5-6-7-8-9-10-11-12-13(2)3;1-4-5-6-7-8-9(2)3/h19H,4-18H2,1-3H3;12-13H,5-11H2,1-4H3;13H,4-12H2,1-3H3;9H,4-8H2,1-3H3. The summed E-state index contributed by atoms with van der Waals surface area (Å²) in [5.74, 6) is 4.50. The van der Waals surface area contributed by atoms with Crippen LogP contribution in [-0.4, -0.2) is 0 Å². The molecule has 0 aromatic heterocycles. The minimum absolute atomic E-state index is 0.871. The number of rotatable bonds is 37. The molecule has 54 heavy (non-hydrogen) atoms. The molecule has 1 unspecified atom stereocenters. The molecule has 0 amide bonds. The average Bonchev–Trinajstić information content (AvgIpc) is 3.13. The third-order valence-corrected chi connectivity index (χ3v) is 11.6. The highest BCUT2D eigenvalue weighted by atomic mass is 14.1. The van der Waals surface area contributed by atoms with Gasteiger partial charge in [0, 0.05) is 0 Å². The predicted octanol–water partition coefficient (Wildman–Crippen LogP) is 21.3. The molecule has 0 bridgehead atoms. The fourth-order valence-electron chi connectivity index (χ4n) is 6.99. The van der Waals surface area contributed by atoms with Crippen molar-refractivity contribution in [2.45, 2.75) is 321 Å². The Morgan fingerprint density at radius 3 is 0.556 bits per heavy atom. The van der Waals surface area contributed by atoms with Gasteiger partial charge < -0.3 is 0 Å². The van der Waals surface area contributed by atoms with E-state index < -0.39 is 0 Å². The molecule has 0 aliphatic rings. The molecule has 0 radical (unpaired) electrons. The van der Waals surface area contributed by atoms with Crippen molar-refractivity contribution in [2.75, 3.05) is 0 Å². The van der Waals surface area contributed by atoms with Crippen LogP contribution in [0.25, 0.3) is 0 Å². The van der Waals surface area contributed by atoms with Crippen LogP contribution in [0.2, 0.25) is 0 Å². The van der Waals surface area contributed by atoms with Crippen molar-refractivity contribution in [1.29, 1.82) is 0 Å². The third-order valence-electron chi connectivity index (χ3n) is 11.6. The van der Waals surface area contributed by atoms with Crippen molar-refractivity contribution in [3.8, 4) is 0 Å². The molecule has 0 aromatic rings. The third kappa shape index (κ3) is 69.9. The van der Waals surface area contributed by atoms with Gasteiger partial charge in [-0.1, -0.05) is 321 Å². The molecule has 332 valence electrons. The minimum atomic E-state index is 0.871. The molecule has 0 fully saturated rings. The van der Waals surface area contributed by atoms with E-state index >= 15 is 0 Å². The molecule has 0 heterocycles. The van der Waals surface area contributed by atoms with E-state index in [4.69, 9.17) is 0 Å². The monoisotopic (exact) mass is 765 g/mol. The van der Waals surface area contributed by atoms with Crippen LogP contribution >= 0.6 is 0 Å². The van der Waals surface area contributed by atoms with E-state index in [0.717, 1.165) is 29.6 Å². The first-order valence-electron chi connectivity index (χ1n) is 26.0. The molecular weight excluding hydrogens is 649 g/mol. The summed E-state index contributed by atoms with van der Waals surface area (Å²) in [6, 6.07) is 0. The Hall–Kier alpha value is 0. The van der Waals surface area contributed by atoms with Gasteiger partial charge in [0.2, 0.25) is 0 Å². The first kappa shape index (κ1) is 60.7. The van der Waals surface area contributed by atoms with Crippen molar-refractivity contribution in [3.05, 3.63) is 0 Å². The maximum Gasteiger partial charge on any atom is -0.0420 e. The lowest BCUT2D eigenvalue weighted by Gasteiger charge is -2.14. The predicted molar refractivity (Wildman–Crippen MR) is 257 cm³/mol. The Morgan fingerprint density at radius 2 is 0.370 bits per heavy atom. The van der Waals surface area contributed by atoms with Gasteiger partial charge in [0.15, 0.2) is 0 Å². The molecule has 0 aliphatic heterocycles. The highest BCUT2D eigenvalue weighted by Gasteiger charge is 2.05. The van der Waals surface area contributed by atoms with Crippen LogP contribution in [0.1, 0.15) is 321 Å². The summed E-state index contributed by atoms with van der Waals surface area (Å²) >= 11 is 0. The smallest absolute Gasteiger partial charge is 0.0420 e. The molecule has 0 N–H and O–H groups in total. The fourth-order valence-corrected chi connectivity index (χ4v) is 6.99. The van der Waals surface area contributed by atoms with Crippen LogP contribution in [0, 0.1) is 29.6 Å². The molecule has 0 rings (SSSR count). The normalized spacial score (nSPS) is 11.7. The zero-order chi connectivity index (χ0) is 41.3. The molecule has 0 saturated heterocycles. The van der Waals surface area contributed by atoms with Gasteiger partial charge in [-0.05, 0) is 29.6 Å². The van der Waals surface area contributed by atoms with Crippen LogP contribution in [0.3, 0.4) is 0 Å². The maximum atomic E-state index is 2.39. The second-order valence-electron chi connectivity index (χ2n) is 19.5. The van der Waals surface area contributed by atoms with Gasteiger partial charge in [0.25, 0.3) is 0 Å². The summed E-state index contributed by atoms with van der Waals surface area (Å²) in [5.41, 5.74) is 0. The minimum Gasteiger partial charge on any atom is -0.0654 e. The van der Waals surface area contributed by atoms with Crippen molar-refractivity contribution < 1.29 is 0 Å². The molecule has 0 saturated carbocycles. The summed E-state index contributed by atoms with van der Waals surface area (Å²) in [7, 11) is 0. The lowest BCUT2D eigenvalue weighted by Crippen LogP contribution is -2.03. The molecule has 0 nitrogen and oxygen atoms in total. The lowest BCUT2D eigenvalue weighted by atomic mass is 9.92. The van der Waals surface area contributed by atoms with Crippen LogP contribution in [0.4, 0.5) is 0 Å². The van der Waals surface area contributed by atoms with Gasteiger partial charge in [0.05, 0.1) is 0 Å². The highest BCUT2D eigenvalue weighted by molar-refractivity contribution is 4.57. The van der Waals surface area contributed by atoms with Gasteiger partial charge in [-0.25, -0.2) is 0 Å². The summed E-state index contributed by atoms with van der Waals surface area (Å²) in [5, 5.41) is 0. The van der Waals surface area contributed by atoms with E-state index in [2.05, 4.69) is 90.0 Å². The SMILES string of the molecule is CCCCCCC(C)C.CCCCCCCCC(C)C(C)C.CCCCCCCCCCC(C)C.CCCCCCCCCCCCCCCCC(C)C. The zero-order valence-electron chi connectivity index (χ0n) is 41.3. The Bertz CT molecular complexity index is 571. The molecular formula is C54H116. The van der Waals surface area contributed by atoms with Gasteiger partial charge in [-0.3, -0.25) is 0 Å². The summed E-state index contributed by atoms with van der Waals surface area (Å²) in [6.45, 7) is 30.1. The fraction of sp³-hybridized carbons (Fsp3) is 1.00. The molecule has 0 heteroatoms. The Balaban J connectivity index is -0.000000319. The Labute approximate surface area is 349 Å². The van der Waals surface area contributed by atoms with E-state index in [1.54, 1.807) is 0 Å². The molecule has 0 aromatic carbocycles. The molecule has 1 atom stereocenters. The Kier molecular flexibility index (Phi) is 61.9. The topological polar surface area (TPSA) is 0 Å². The van der Waals surface area contributed by atoms with Crippen molar-refractivity contribution >= 4 is 0 Å². The van der Waals surface area contributed by atoms with E-state index in [1.165, 1.54) is 231 Å². The van der Waals surface area contributed by atoms with Gasteiger partial charge >= 0.3 is 0 Å². The first-order chi connectivity index (χ1) is 26.0. The van der Waals surface area contributed by atoms with E-state index in [0.29, 0.717) is 0 Å². The Morgan fingerprint density at radius 1 is 0.204 bits per heavy atom. The van der Waals surface area contributed by atoms with Crippen LogP contribution in [0.15, 0.2) is 0 Å². The lowest BCUT2D eigenvalue weighted by molar-refractivity contribution is 0.374. The van der Waals surface area contributed by atoms with Gasteiger partial charge in [-0.2, -0.15) is 0 Å². The average molecular weight is 766 g/mol. The number of unbranched alkanes of at least 4 members (excludes halogenated alkanes) is 28. The van der Waals surface area contributed by atoms with Crippen molar-refractivity contribution in [1.82, 2.24) is 0 Å². The summed E-state index contributed by atoms with van der Waals surface area (Å²) in [6.07, 6.45) is 52.1. The molecule has 0 spiro atoms. The quantitative estimate of drug-likeness (QED) is 0.0553. The van der Waals surface area contributed by atoms with E-state index in [9.17, 15) is 0 Å². The zero-order valence-corrected chi connectivity index (χ0v) is 41.3. The van der Waals surface area contributed by atoms with Gasteiger partial charge in [0.1, 0.15) is 0 Å². The van der Waals surface area contributed by atoms with Gasteiger partial charge in [-0.15, -0.1) is 0 Å². The first-order valence-corrected chi connectivity index (χ1v) is 26.0. The number of hydrogen-bond acceptors (Lipinski definition) is 0. The highest BCUT2D eigenvalue weighted by Crippen LogP contribution is 2.19. The maximum absolute atomic E-state index is 2.39. The summed E-state index contributed by atoms with van der Waals surface area (Å²) in [4.78, 5) is 0. The van der Waals surface area contributed by atoms with Crippen molar-refractivity contribution in [2.24, 2.45) is 29.6 Å². The number of hydrogen-bond donors (Lipinski definition) is 0. The van der Waals surface area contributed by atoms with E-state index in [-0.39, 0.29) is 0 Å².